The summed E-state index contributed by atoms with van der Waals surface area (Å²) in [4.78, 5) is 0. The average Bonchev–Trinajstić information content (AvgIpc) is 2.95. The molecule has 22 heavy (non-hydrogen) atoms. The highest BCUT2D eigenvalue weighted by atomic mass is 79.9. The number of halogens is 2. The molecule has 0 radical (unpaired) electrons. The van der Waals surface area contributed by atoms with Gasteiger partial charge in [-0.2, -0.15) is 0 Å². The van der Waals surface area contributed by atoms with Gasteiger partial charge in [-0.15, -0.1) is 34.0 Å². The summed E-state index contributed by atoms with van der Waals surface area (Å²) in [7, 11) is 0. The summed E-state index contributed by atoms with van der Waals surface area (Å²) in [6.07, 6.45) is 3.17. The molecule has 0 aromatic heterocycles. The summed E-state index contributed by atoms with van der Waals surface area (Å²) in [6, 6.07) is 3.74. The van der Waals surface area contributed by atoms with Crippen LogP contribution in [0.4, 0.5) is 0 Å². The predicted octanol–water partition coefficient (Wildman–Crippen LogP) is 2.80. The summed E-state index contributed by atoms with van der Waals surface area (Å²) in [5.41, 5.74) is 9.20. The molecular formula is C16H26Br2N2O2. The summed E-state index contributed by atoms with van der Waals surface area (Å²) in [6.45, 7) is 4.72. The van der Waals surface area contributed by atoms with Gasteiger partial charge < -0.3 is 20.9 Å². The fourth-order valence-electron chi connectivity index (χ4n) is 3.61. The van der Waals surface area contributed by atoms with Crippen LogP contribution >= 0.6 is 34.0 Å². The van der Waals surface area contributed by atoms with E-state index in [1.807, 2.05) is 6.07 Å². The van der Waals surface area contributed by atoms with Crippen LogP contribution in [0.1, 0.15) is 35.6 Å². The lowest BCUT2D eigenvalue weighted by Crippen LogP contribution is -2.32. The number of phenols is 1. The van der Waals surface area contributed by atoms with Gasteiger partial charge in [0.15, 0.2) is 0 Å². The molecule has 6 heteroatoms. The van der Waals surface area contributed by atoms with Gasteiger partial charge in [-0.05, 0) is 56.0 Å². The number of aromatic hydroxyl groups is 1. The lowest BCUT2D eigenvalue weighted by atomic mass is 9.87. The van der Waals surface area contributed by atoms with E-state index in [1.165, 1.54) is 6.42 Å². The molecule has 4 N–H and O–H groups in total. The third kappa shape index (κ3) is 4.03. The minimum absolute atomic E-state index is 0. The van der Waals surface area contributed by atoms with Gasteiger partial charge >= 0.3 is 0 Å². The Labute approximate surface area is 153 Å². The monoisotopic (exact) mass is 436 g/mol. The first-order chi connectivity index (χ1) is 9.69. The maximum absolute atomic E-state index is 10.2. The number of nitrogens with one attached hydrogen (secondary N) is 1. The zero-order chi connectivity index (χ0) is 14.1. The van der Waals surface area contributed by atoms with Crippen molar-refractivity contribution in [3.63, 3.8) is 0 Å². The van der Waals surface area contributed by atoms with Crippen molar-refractivity contribution in [1.82, 2.24) is 5.32 Å². The van der Waals surface area contributed by atoms with Crippen molar-refractivity contribution in [3.05, 3.63) is 28.8 Å². The number of hydrogen-bond donors (Lipinski definition) is 3. The minimum Gasteiger partial charge on any atom is -0.508 e. The van der Waals surface area contributed by atoms with Gasteiger partial charge in [0.2, 0.25) is 0 Å². The number of nitrogens with two attached hydrogens (primary N) is 1. The van der Waals surface area contributed by atoms with Crippen LogP contribution in [-0.4, -0.2) is 30.8 Å². The third-order valence-corrected chi connectivity index (χ3v) is 4.63. The van der Waals surface area contributed by atoms with Crippen molar-refractivity contribution >= 4 is 34.0 Å². The molecule has 1 saturated heterocycles. The van der Waals surface area contributed by atoms with Gasteiger partial charge in [0, 0.05) is 18.5 Å². The van der Waals surface area contributed by atoms with Gasteiger partial charge in [0.1, 0.15) is 5.75 Å². The molecule has 126 valence electrons. The van der Waals surface area contributed by atoms with E-state index in [1.54, 1.807) is 6.07 Å². The van der Waals surface area contributed by atoms with E-state index in [4.69, 9.17) is 10.5 Å². The molecule has 1 aromatic rings. The van der Waals surface area contributed by atoms with Crippen LogP contribution in [0, 0.1) is 12.8 Å². The van der Waals surface area contributed by atoms with Crippen molar-refractivity contribution in [2.75, 3.05) is 19.6 Å². The molecule has 1 fully saturated rings. The number of fused-ring (bicyclic) bond motifs is 1. The molecule has 4 nitrogen and oxygen atoms in total. The van der Waals surface area contributed by atoms with E-state index in [9.17, 15) is 5.11 Å². The van der Waals surface area contributed by atoms with Gasteiger partial charge in [0.05, 0.1) is 12.2 Å². The minimum atomic E-state index is -0.0785. The van der Waals surface area contributed by atoms with Gasteiger partial charge in [0.25, 0.3) is 0 Å². The Hall–Kier alpha value is -0.140. The number of ether oxygens (including phenoxy) is 1. The second-order valence-electron chi connectivity index (χ2n) is 6.07. The van der Waals surface area contributed by atoms with Crippen molar-refractivity contribution in [3.8, 4) is 5.75 Å². The SMILES string of the molecule is Br.Br.Cc1ccc(O)c2c1[C@H](CN)O[C@@H](CC1CCNC1)C2. The zero-order valence-electron chi connectivity index (χ0n) is 12.9. The zero-order valence-corrected chi connectivity index (χ0v) is 16.3. The first-order valence-corrected chi connectivity index (χ1v) is 7.56. The Bertz CT molecular complexity index is 493. The molecular weight excluding hydrogens is 412 g/mol. The van der Waals surface area contributed by atoms with Crippen LogP contribution in [-0.2, 0) is 11.2 Å². The highest BCUT2D eigenvalue weighted by Gasteiger charge is 2.31. The van der Waals surface area contributed by atoms with Crippen LogP contribution in [0.15, 0.2) is 12.1 Å². The maximum atomic E-state index is 10.2. The molecule has 3 rings (SSSR count). The molecule has 0 aliphatic carbocycles. The van der Waals surface area contributed by atoms with Crippen molar-refractivity contribution in [1.29, 1.82) is 0 Å². The molecule has 3 atom stereocenters. The van der Waals surface area contributed by atoms with Crippen LogP contribution in [0.5, 0.6) is 5.75 Å². The second kappa shape index (κ2) is 8.64. The number of phenolic OH excluding ortho intramolecular Hbond substituents is 1. The van der Waals surface area contributed by atoms with E-state index >= 15 is 0 Å². The van der Waals surface area contributed by atoms with Crippen molar-refractivity contribution < 1.29 is 9.84 Å². The molecule has 0 bridgehead atoms. The first kappa shape index (κ1) is 19.9. The number of benzene rings is 1. The Morgan fingerprint density at radius 2 is 2.14 bits per heavy atom. The van der Waals surface area contributed by atoms with Crippen LogP contribution in [0.2, 0.25) is 0 Å². The van der Waals surface area contributed by atoms with Gasteiger partial charge in [-0.1, -0.05) is 6.07 Å². The van der Waals surface area contributed by atoms with E-state index in [-0.39, 0.29) is 46.2 Å². The molecule has 2 heterocycles. The quantitative estimate of drug-likeness (QED) is 0.680. The smallest absolute Gasteiger partial charge is 0.119 e. The Kier molecular flexibility index (Phi) is 7.82. The lowest BCUT2D eigenvalue weighted by Gasteiger charge is -2.34. The van der Waals surface area contributed by atoms with Crippen LogP contribution in [0.25, 0.3) is 0 Å². The van der Waals surface area contributed by atoms with Crippen molar-refractivity contribution in [2.45, 2.75) is 38.4 Å². The Morgan fingerprint density at radius 3 is 2.77 bits per heavy atom. The predicted molar refractivity (Wildman–Crippen MR) is 99.5 cm³/mol. The summed E-state index contributed by atoms with van der Waals surface area (Å²) >= 11 is 0. The van der Waals surface area contributed by atoms with E-state index in [2.05, 4.69) is 12.2 Å². The highest BCUT2D eigenvalue weighted by molar-refractivity contribution is 8.93. The lowest BCUT2D eigenvalue weighted by molar-refractivity contribution is -0.0320. The molecule has 0 spiro atoms. The Balaban J connectivity index is 0.00000121. The molecule has 2 aliphatic rings. The van der Waals surface area contributed by atoms with Gasteiger partial charge in [-0.3, -0.25) is 0 Å². The van der Waals surface area contributed by atoms with Gasteiger partial charge in [-0.25, -0.2) is 0 Å². The fraction of sp³-hybridized carbons (Fsp3) is 0.625. The second-order valence-corrected chi connectivity index (χ2v) is 6.07. The third-order valence-electron chi connectivity index (χ3n) is 4.63. The molecule has 1 aromatic carbocycles. The molecule has 0 amide bonds. The number of hydrogen-bond acceptors (Lipinski definition) is 4. The number of rotatable bonds is 3. The molecule has 2 aliphatic heterocycles. The van der Waals surface area contributed by atoms with Crippen molar-refractivity contribution in [2.24, 2.45) is 11.7 Å². The normalized spacial score (nSPS) is 26.7. The summed E-state index contributed by atoms with van der Waals surface area (Å²) in [5.74, 6) is 1.08. The van der Waals surface area contributed by atoms with Crippen LogP contribution in [0.3, 0.4) is 0 Å². The molecule has 1 unspecified atom stereocenters. The summed E-state index contributed by atoms with van der Waals surface area (Å²) < 4.78 is 6.20. The summed E-state index contributed by atoms with van der Waals surface area (Å²) in [5, 5.41) is 13.6. The molecule has 0 saturated carbocycles. The van der Waals surface area contributed by atoms with E-state index in [0.717, 1.165) is 42.6 Å². The first-order valence-electron chi connectivity index (χ1n) is 7.56. The largest absolute Gasteiger partial charge is 0.508 e. The fourth-order valence-corrected chi connectivity index (χ4v) is 3.61. The van der Waals surface area contributed by atoms with Crippen LogP contribution < -0.4 is 11.1 Å². The van der Waals surface area contributed by atoms with E-state index in [0.29, 0.717) is 18.2 Å². The standard InChI is InChI=1S/C16H24N2O2.2BrH/c1-10-2-3-14(19)13-7-12(6-11-4-5-18-9-11)20-15(8-17)16(10)13;;/h2-3,11-12,15,18-19H,4-9,17H2,1H3;2*1H/t11?,12-,15-;;/m0../s1. The highest BCUT2D eigenvalue weighted by Crippen LogP contribution is 2.38. The maximum Gasteiger partial charge on any atom is 0.119 e. The van der Waals surface area contributed by atoms with E-state index < -0.39 is 0 Å². The average molecular weight is 438 g/mol. The topological polar surface area (TPSA) is 67.5 Å². The number of aryl methyl sites for hydroxylation is 1. The Morgan fingerprint density at radius 1 is 1.36 bits per heavy atom.